The number of ether oxygens (including phenoxy) is 1. The predicted molar refractivity (Wildman–Crippen MR) is 93.0 cm³/mol. The van der Waals surface area contributed by atoms with E-state index in [0.717, 1.165) is 23.7 Å². The summed E-state index contributed by atoms with van der Waals surface area (Å²) in [6.07, 6.45) is 0.475. The third kappa shape index (κ3) is 6.11. The third-order valence-electron chi connectivity index (χ3n) is 3.43. The number of thioether (sulfide) groups is 1. The van der Waals surface area contributed by atoms with E-state index in [9.17, 15) is 9.59 Å². The maximum atomic E-state index is 12.0. The van der Waals surface area contributed by atoms with E-state index in [2.05, 4.69) is 10.6 Å². The molecule has 2 N–H and O–H groups in total. The summed E-state index contributed by atoms with van der Waals surface area (Å²) in [5, 5.41) is 6.22. The van der Waals surface area contributed by atoms with Crippen LogP contribution < -0.4 is 15.4 Å². The summed E-state index contributed by atoms with van der Waals surface area (Å²) in [5.74, 6) is 2.58. The minimum absolute atomic E-state index is 0.00135. The Labute approximate surface area is 140 Å². The zero-order valence-electron chi connectivity index (χ0n) is 13.5. The number of hydrogen-bond donors (Lipinski definition) is 2. The molecule has 1 aromatic carbocycles. The molecule has 0 aliphatic carbocycles. The van der Waals surface area contributed by atoms with Crippen molar-refractivity contribution in [1.29, 1.82) is 0 Å². The number of amides is 2. The largest absolute Gasteiger partial charge is 0.484 e. The van der Waals surface area contributed by atoms with Crippen molar-refractivity contribution in [2.75, 3.05) is 44.1 Å². The molecule has 0 bridgehead atoms. The van der Waals surface area contributed by atoms with Crippen molar-refractivity contribution in [2.24, 2.45) is 0 Å². The highest BCUT2D eigenvalue weighted by molar-refractivity contribution is 7.99. The lowest BCUT2D eigenvalue weighted by Crippen LogP contribution is -2.39. The molecule has 1 aliphatic rings. The molecule has 6 nitrogen and oxygen atoms in total. The molecule has 1 atom stereocenters. The molecule has 1 unspecified atom stereocenters. The summed E-state index contributed by atoms with van der Waals surface area (Å²) in [4.78, 5) is 24.9. The van der Waals surface area contributed by atoms with Gasteiger partial charge in [-0.2, -0.15) is 11.8 Å². The molecule has 0 aromatic heterocycles. The van der Waals surface area contributed by atoms with Gasteiger partial charge in [-0.25, -0.2) is 0 Å². The van der Waals surface area contributed by atoms with E-state index in [1.54, 1.807) is 38.4 Å². The summed E-state index contributed by atoms with van der Waals surface area (Å²) in [7, 11) is 3.37. The van der Waals surface area contributed by atoms with Crippen LogP contribution in [0.2, 0.25) is 0 Å². The molecule has 1 aromatic rings. The molecule has 2 amide bonds. The number of nitrogens with one attached hydrogen (secondary N) is 2. The van der Waals surface area contributed by atoms with E-state index in [1.165, 1.54) is 4.90 Å². The fraction of sp³-hybridized carbons (Fsp3) is 0.500. The van der Waals surface area contributed by atoms with Crippen molar-refractivity contribution in [3.63, 3.8) is 0 Å². The second-order valence-electron chi connectivity index (χ2n) is 5.58. The van der Waals surface area contributed by atoms with Gasteiger partial charge in [0.15, 0.2) is 6.61 Å². The van der Waals surface area contributed by atoms with Crippen LogP contribution in [0.15, 0.2) is 24.3 Å². The summed E-state index contributed by atoms with van der Waals surface area (Å²) < 4.78 is 5.39. The first-order chi connectivity index (χ1) is 11.0. The van der Waals surface area contributed by atoms with Crippen LogP contribution in [0.1, 0.15) is 6.42 Å². The summed E-state index contributed by atoms with van der Waals surface area (Å²) in [6, 6.07) is 7.28. The van der Waals surface area contributed by atoms with Crippen LogP contribution >= 0.6 is 11.8 Å². The van der Waals surface area contributed by atoms with Crippen molar-refractivity contribution < 1.29 is 14.3 Å². The standard InChI is InChI=1S/C16H23N3O3S/c1-19(2)16(21)10-22-14-5-3-12(4-6-14)18-15(20)9-13-11-23-8-7-17-13/h3-6,13,17H,7-11H2,1-2H3,(H,18,20). The average Bonchev–Trinajstić information content (AvgIpc) is 2.54. The highest BCUT2D eigenvalue weighted by Gasteiger charge is 2.16. The number of anilines is 1. The maximum Gasteiger partial charge on any atom is 0.259 e. The molecule has 1 heterocycles. The number of nitrogens with zero attached hydrogens (tertiary/aromatic N) is 1. The van der Waals surface area contributed by atoms with Gasteiger partial charge in [-0.1, -0.05) is 0 Å². The molecular weight excluding hydrogens is 314 g/mol. The number of rotatable bonds is 6. The smallest absolute Gasteiger partial charge is 0.259 e. The Morgan fingerprint density at radius 2 is 2.09 bits per heavy atom. The first kappa shape index (κ1) is 17.6. The van der Waals surface area contributed by atoms with Gasteiger partial charge in [-0.3, -0.25) is 9.59 Å². The van der Waals surface area contributed by atoms with Crippen molar-refractivity contribution in [3.05, 3.63) is 24.3 Å². The lowest BCUT2D eigenvalue weighted by molar-refractivity contribution is -0.130. The van der Waals surface area contributed by atoms with Crippen LogP contribution in [0.4, 0.5) is 5.69 Å². The fourth-order valence-electron chi connectivity index (χ4n) is 2.10. The van der Waals surface area contributed by atoms with E-state index in [4.69, 9.17) is 4.74 Å². The Hall–Kier alpha value is -1.73. The number of carbonyl (C=O) groups excluding carboxylic acids is 2. The monoisotopic (exact) mass is 337 g/mol. The van der Waals surface area contributed by atoms with Crippen molar-refractivity contribution in [1.82, 2.24) is 10.2 Å². The zero-order valence-corrected chi connectivity index (χ0v) is 14.3. The Morgan fingerprint density at radius 1 is 1.35 bits per heavy atom. The molecule has 1 fully saturated rings. The summed E-state index contributed by atoms with van der Waals surface area (Å²) in [5.41, 5.74) is 0.727. The summed E-state index contributed by atoms with van der Waals surface area (Å²) in [6.45, 7) is 0.962. The highest BCUT2D eigenvalue weighted by Crippen LogP contribution is 2.17. The van der Waals surface area contributed by atoms with Gasteiger partial charge >= 0.3 is 0 Å². The van der Waals surface area contributed by atoms with Crippen LogP contribution in [0.3, 0.4) is 0 Å². The highest BCUT2D eigenvalue weighted by atomic mass is 32.2. The van der Waals surface area contributed by atoms with Gasteiger partial charge in [0.2, 0.25) is 5.91 Å². The van der Waals surface area contributed by atoms with E-state index in [0.29, 0.717) is 12.2 Å². The average molecular weight is 337 g/mol. The van der Waals surface area contributed by atoms with Crippen molar-refractivity contribution in [2.45, 2.75) is 12.5 Å². The molecule has 7 heteroatoms. The quantitative estimate of drug-likeness (QED) is 0.816. The number of carbonyl (C=O) groups is 2. The van der Waals surface area contributed by atoms with Crippen LogP contribution in [0.25, 0.3) is 0 Å². The minimum atomic E-state index is -0.0970. The molecule has 1 aliphatic heterocycles. The molecular formula is C16H23N3O3S. The van der Waals surface area contributed by atoms with Gasteiger partial charge in [0.1, 0.15) is 5.75 Å². The van der Waals surface area contributed by atoms with E-state index < -0.39 is 0 Å². The molecule has 23 heavy (non-hydrogen) atoms. The fourth-order valence-corrected chi connectivity index (χ4v) is 3.04. The number of benzene rings is 1. The van der Waals surface area contributed by atoms with Crippen molar-refractivity contribution >= 4 is 29.3 Å². The summed E-state index contributed by atoms with van der Waals surface area (Å²) >= 11 is 1.87. The maximum absolute atomic E-state index is 12.0. The van der Waals surface area contributed by atoms with Gasteiger partial charge in [0.25, 0.3) is 5.91 Å². The van der Waals surface area contributed by atoms with Gasteiger partial charge in [-0.05, 0) is 24.3 Å². The molecule has 1 saturated heterocycles. The zero-order chi connectivity index (χ0) is 16.7. The topological polar surface area (TPSA) is 70.7 Å². The lowest BCUT2D eigenvalue weighted by atomic mass is 10.2. The predicted octanol–water partition coefficient (Wildman–Crippen LogP) is 1.19. The molecule has 2 rings (SSSR count). The Kier molecular flexibility index (Phi) is 6.73. The first-order valence-electron chi connectivity index (χ1n) is 7.58. The van der Waals surface area contributed by atoms with Crippen molar-refractivity contribution in [3.8, 4) is 5.75 Å². The number of hydrogen-bond acceptors (Lipinski definition) is 5. The van der Waals surface area contributed by atoms with Crippen LogP contribution in [-0.4, -0.2) is 61.5 Å². The van der Waals surface area contributed by atoms with E-state index in [1.807, 2.05) is 11.8 Å². The van der Waals surface area contributed by atoms with Crippen LogP contribution in [0, 0.1) is 0 Å². The van der Waals surface area contributed by atoms with Gasteiger partial charge in [0, 0.05) is 50.3 Å². The molecule has 0 spiro atoms. The Morgan fingerprint density at radius 3 is 2.70 bits per heavy atom. The van der Waals surface area contributed by atoms with E-state index in [-0.39, 0.29) is 24.5 Å². The van der Waals surface area contributed by atoms with Crippen LogP contribution in [-0.2, 0) is 9.59 Å². The molecule has 0 radical (unpaired) electrons. The minimum Gasteiger partial charge on any atom is -0.484 e. The first-order valence-corrected chi connectivity index (χ1v) is 8.74. The number of likely N-dealkylation sites (N-methyl/N-ethyl adjacent to an activating group) is 1. The second kappa shape index (κ2) is 8.79. The second-order valence-corrected chi connectivity index (χ2v) is 6.73. The SMILES string of the molecule is CN(C)C(=O)COc1ccc(NC(=O)CC2CSCCN2)cc1. The Balaban J connectivity index is 1.77. The Bertz CT molecular complexity index is 528. The third-order valence-corrected chi connectivity index (χ3v) is 4.56. The van der Waals surface area contributed by atoms with E-state index >= 15 is 0 Å². The normalized spacial score (nSPS) is 17.4. The molecule has 126 valence electrons. The van der Waals surface area contributed by atoms with Gasteiger partial charge in [-0.15, -0.1) is 0 Å². The van der Waals surface area contributed by atoms with Crippen LogP contribution in [0.5, 0.6) is 5.75 Å². The van der Waals surface area contributed by atoms with Gasteiger partial charge in [0.05, 0.1) is 0 Å². The molecule has 0 saturated carbocycles. The lowest BCUT2D eigenvalue weighted by Gasteiger charge is -2.22. The van der Waals surface area contributed by atoms with Gasteiger partial charge < -0.3 is 20.3 Å².